The zero-order valence-electron chi connectivity index (χ0n) is 19.7. The molecule has 0 aromatic heterocycles. The third kappa shape index (κ3) is 4.69. The fraction of sp³-hybridized carbons (Fsp3) is 0.385. The summed E-state index contributed by atoms with van der Waals surface area (Å²) in [4.78, 5) is 27.2. The van der Waals surface area contributed by atoms with Crippen LogP contribution in [0, 0.1) is 0 Å². The maximum Gasteiger partial charge on any atom is 0.260 e. The minimum absolute atomic E-state index is 0.101. The van der Waals surface area contributed by atoms with Gasteiger partial charge in [-0.25, -0.2) is 0 Å². The van der Waals surface area contributed by atoms with Crippen LogP contribution in [0.5, 0.6) is 23.0 Å². The molecule has 2 fully saturated rings. The van der Waals surface area contributed by atoms with Crippen LogP contribution in [0.2, 0.25) is 0 Å². The fourth-order valence-electron chi connectivity index (χ4n) is 4.47. The van der Waals surface area contributed by atoms with Crippen molar-refractivity contribution in [2.24, 2.45) is 0 Å². The molecule has 0 saturated carbocycles. The Kier molecular flexibility index (Phi) is 6.36. The van der Waals surface area contributed by atoms with E-state index in [2.05, 4.69) is 0 Å². The number of amides is 1. The Morgan fingerprint density at radius 1 is 1.03 bits per heavy atom. The molecule has 0 N–H and O–H groups in total. The number of hydrogen-bond acceptors (Lipinski definition) is 8. The van der Waals surface area contributed by atoms with Crippen molar-refractivity contribution in [2.45, 2.75) is 18.6 Å². The molecular formula is C26H27NO8. The zero-order chi connectivity index (χ0) is 24.4. The summed E-state index contributed by atoms with van der Waals surface area (Å²) >= 11 is 0. The summed E-state index contributed by atoms with van der Waals surface area (Å²) in [6.45, 7) is 2.23. The largest absolute Gasteiger partial charge is 0.493 e. The number of rotatable bonds is 6. The van der Waals surface area contributed by atoms with Gasteiger partial charge in [0.05, 0.1) is 33.0 Å². The van der Waals surface area contributed by atoms with Gasteiger partial charge in [0.1, 0.15) is 11.5 Å². The van der Waals surface area contributed by atoms with Crippen LogP contribution in [-0.2, 0) is 14.3 Å². The van der Waals surface area contributed by atoms with Gasteiger partial charge in [-0.15, -0.1) is 0 Å². The Hall–Kier alpha value is -3.56. The third-order valence-corrected chi connectivity index (χ3v) is 6.40. The number of fused-ring (bicyclic) bond motifs is 1. The monoisotopic (exact) mass is 481 g/mol. The molecule has 1 spiro atoms. The van der Waals surface area contributed by atoms with Crippen molar-refractivity contribution < 1.29 is 38.0 Å². The molecule has 2 saturated heterocycles. The van der Waals surface area contributed by atoms with E-state index in [0.29, 0.717) is 67.7 Å². The van der Waals surface area contributed by atoms with Crippen LogP contribution in [0.4, 0.5) is 0 Å². The predicted octanol–water partition coefficient (Wildman–Crippen LogP) is 3.06. The number of hydrogen-bond donors (Lipinski definition) is 0. The van der Waals surface area contributed by atoms with Crippen molar-refractivity contribution in [1.82, 2.24) is 4.90 Å². The van der Waals surface area contributed by atoms with Gasteiger partial charge >= 0.3 is 0 Å². The first kappa shape index (κ1) is 23.2. The highest BCUT2D eigenvalue weighted by atomic mass is 16.7. The highest BCUT2D eigenvalue weighted by Gasteiger charge is 2.40. The molecule has 3 aliphatic rings. The number of piperidine rings is 1. The predicted molar refractivity (Wildman–Crippen MR) is 125 cm³/mol. The Morgan fingerprint density at radius 3 is 2.49 bits per heavy atom. The van der Waals surface area contributed by atoms with Gasteiger partial charge in [0, 0.05) is 32.0 Å². The standard InChI is InChI=1S/C26H27NO8/c1-30-20-6-3-17(13-22(20)31-2)14-23-25(29)19-5-4-18(15-21(19)35-23)32-16-24(28)27-9-7-26(8-10-27)33-11-12-34-26/h3-6,13-15H,7-12,16H2,1-2H3. The highest BCUT2D eigenvalue weighted by Crippen LogP contribution is 2.36. The minimum atomic E-state index is -0.524. The van der Waals surface area contributed by atoms with Crippen molar-refractivity contribution in [3.8, 4) is 23.0 Å². The summed E-state index contributed by atoms with van der Waals surface area (Å²) in [5.41, 5.74) is 1.17. The van der Waals surface area contributed by atoms with E-state index in [0.717, 1.165) is 5.56 Å². The average molecular weight is 482 g/mol. The van der Waals surface area contributed by atoms with E-state index in [1.807, 2.05) is 6.07 Å². The van der Waals surface area contributed by atoms with Gasteiger partial charge in [0.15, 0.2) is 29.7 Å². The molecule has 9 heteroatoms. The molecule has 35 heavy (non-hydrogen) atoms. The van der Waals surface area contributed by atoms with E-state index in [1.54, 1.807) is 55.5 Å². The Balaban J connectivity index is 1.21. The number of allylic oxidation sites excluding steroid dienone is 1. The Labute approximate surface area is 203 Å². The third-order valence-electron chi connectivity index (χ3n) is 6.40. The van der Waals surface area contributed by atoms with Crippen LogP contribution in [-0.4, -0.2) is 69.5 Å². The van der Waals surface area contributed by atoms with E-state index in [1.165, 1.54) is 0 Å². The first-order chi connectivity index (χ1) is 17.0. The summed E-state index contributed by atoms with van der Waals surface area (Å²) in [5, 5.41) is 0. The molecule has 2 aromatic rings. The van der Waals surface area contributed by atoms with Crippen LogP contribution in [0.25, 0.3) is 6.08 Å². The summed E-state index contributed by atoms with van der Waals surface area (Å²) in [6, 6.07) is 10.3. The maximum absolute atomic E-state index is 12.8. The molecule has 0 atom stereocenters. The number of nitrogens with zero attached hydrogens (tertiary/aromatic N) is 1. The molecule has 1 amide bonds. The van der Waals surface area contributed by atoms with Crippen LogP contribution < -0.4 is 18.9 Å². The molecule has 184 valence electrons. The molecule has 0 aliphatic carbocycles. The smallest absolute Gasteiger partial charge is 0.260 e. The van der Waals surface area contributed by atoms with Crippen LogP contribution >= 0.6 is 0 Å². The number of carbonyl (C=O) groups is 2. The van der Waals surface area contributed by atoms with Gasteiger partial charge in [-0.3, -0.25) is 9.59 Å². The summed E-state index contributed by atoms with van der Waals surface area (Å²) in [5.74, 6) is 1.33. The van der Waals surface area contributed by atoms with E-state index in [4.69, 9.17) is 28.4 Å². The van der Waals surface area contributed by atoms with E-state index in [-0.39, 0.29) is 24.1 Å². The molecule has 0 bridgehead atoms. The molecule has 9 nitrogen and oxygen atoms in total. The van der Waals surface area contributed by atoms with Crippen LogP contribution in [0.1, 0.15) is 28.8 Å². The lowest BCUT2D eigenvalue weighted by Crippen LogP contribution is -2.48. The lowest BCUT2D eigenvalue weighted by atomic mass is 10.0. The SMILES string of the molecule is COc1ccc(C=C2Oc3cc(OCC(=O)N4CCC5(CC4)OCCO5)ccc3C2=O)cc1OC. The van der Waals surface area contributed by atoms with Gasteiger partial charge in [-0.1, -0.05) is 6.07 Å². The van der Waals surface area contributed by atoms with Gasteiger partial charge in [-0.2, -0.15) is 0 Å². The zero-order valence-corrected chi connectivity index (χ0v) is 19.7. The number of carbonyl (C=O) groups excluding carboxylic acids is 2. The van der Waals surface area contributed by atoms with E-state index in [9.17, 15) is 9.59 Å². The molecule has 0 radical (unpaired) electrons. The number of methoxy groups -OCH3 is 2. The van der Waals surface area contributed by atoms with Gasteiger partial charge in [-0.05, 0) is 35.9 Å². The Bertz CT molecular complexity index is 1160. The molecule has 0 unspecified atom stereocenters. The van der Waals surface area contributed by atoms with Crippen molar-refractivity contribution in [3.05, 3.63) is 53.3 Å². The second-order valence-corrected chi connectivity index (χ2v) is 8.49. The Morgan fingerprint density at radius 2 is 1.77 bits per heavy atom. The normalized spacial score (nSPS) is 19.5. The van der Waals surface area contributed by atoms with E-state index < -0.39 is 5.79 Å². The topological polar surface area (TPSA) is 92.8 Å². The first-order valence-corrected chi connectivity index (χ1v) is 11.5. The fourth-order valence-corrected chi connectivity index (χ4v) is 4.47. The van der Waals surface area contributed by atoms with Crippen molar-refractivity contribution >= 4 is 17.8 Å². The second-order valence-electron chi connectivity index (χ2n) is 8.49. The molecule has 2 aromatic carbocycles. The number of ether oxygens (including phenoxy) is 6. The number of likely N-dealkylation sites (tertiary alicyclic amines) is 1. The second kappa shape index (κ2) is 9.59. The number of Topliss-reactive ketones (excluding diaryl/α,β-unsaturated/α-hetero) is 1. The van der Waals surface area contributed by atoms with Crippen LogP contribution in [0.15, 0.2) is 42.2 Å². The average Bonchev–Trinajstić information content (AvgIpc) is 3.46. The molecule has 5 rings (SSSR count). The summed E-state index contributed by atoms with van der Waals surface area (Å²) < 4.78 is 33.5. The van der Waals surface area contributed by atoms with E-state index >= 15 is 0 Å². The van der Waals surface area contributed by atoms with Gasteiger partial charge in [0.25, 0.3) is 5.91 Å². The maximum atomic E-state index is 12.8. The lowest BCUT2D eigenvalue weighted by molar-refractivity contribution is -0.187. The minimum Gasteiger partial charge on any atom is -0.493 e. The molecular weight excluding hydrogens is 454 g/mol. The number of benzene rings is 2. The van der Waals surface area contributed by atoms with Crippen molar-refractivity contribution in [3.63, 3.8) is 0 Å². The summed E-state index contributed by atoms with van der Waals surface area (Å²) in [7, 11) is 3.11. The quantitative estimate of drug-likeness (QED) is 0.582. The molecule has 3 heterocycles. The molecule has 3 aliphatic heterocycles. The first-order valence-electron chi connectivity index (χ1n) is 11.5. The van der Waals surface area contributed by atoms with Crippen molar-refractivity contribution in [2.75, 3.05) is 47.1 Å². The van der Waals surface area contributed by atoms with Crippen LogP contribution in [0.3, 0.4) is 0 Å². The number of ketones is 1. The van der Waals surface area contributed by atoms with Gasteiger partial charge in [0.2, 0.25) is 5.78 Å². The van der Waals surface area contributed by atoms with Crippen molar-refractivity contribution in [1.29, 1.82) is 0 Å². The van der Waals surface area contributed by atoms with Gasteiger partial charge < -0.3 is 33.3 Å². The highest BCUT2D eigenvalue weighted by molar-refractivity contribution is 6.14. The lowest BCUT2D eigenvalue weighted by Gasteiger charge is -2.37. The summed E-state index contributed by atoms with van der Waals surface area (Å²) in [6.07, 6.45) is 2.96.